The van der Waals surface area contributed by atoms with Gasteiger partial charge in [0.2, 0.25) is 0 Å². The first kappa shape index (κ1) is 9.40. The second-order valence-electron chi connectivity index (χ2n) is 4.09. The Morgan fingerprint density at radius 1 is 1.19 bits per heavy atom. The Morgan fingerprint density at radius 2 is 2.00 bits per heavy atom. The van der Waals surface area contributed by atoms with Crippen molar-refractivity contribution in [2.24, 2.45) is 0 Å². The zero-order valence-corrected chi connectivity index (χ0v) is 9.57. The predicted molar refractivity (Wildman–Crippen MR) is 66.8 cm³/mol. The maximum Gasteiger partial charge on any atom is 0.145 e. The summed E-state index contributed by atoms with van der Waals surface area (Å²) in [5.41, 5.74) is 3.52. The first-order valence-electron chi connectivity index (χ1n) is 5.66. The van der Waals surface area contributed by atoms with Crippen molar-refractivity contribution in [1.82, 2.24) is 9.38 Å². The molecule has 2 nitrogen and oxygen atoms in total. The van der Waals surface area contributed by atoms with Crippen molar-refractivity contribution < 1.29 is 0 Å². The molecule has 0 aliphatic carbocycles. The number of fused-ring (bicyclic) bond motifs is 3. The SMILES string of the molecule is CCc1c(C)nc2c3ccccc3ccn12. The number of benzene rings is 1. The Balaban J connectivity index is 2.52. The molecule has 0 aliphatic rings. The summed E-state index contributed by atoms with van der Waals surface area (Å²) in [6.07, 6.45) is 3.14. The molecule has 0 saturated heterocycles. The van der Waals surface area contributed by atoms with Gasteiger partial charge in [0.25, 0.3) is 0 Å². The highest BCUT2D eigenvalue weighted by atomic mass is 15.0. The Morgan fingerprint density at radius 3 is 2.81 bits per heavy atom. The standard InChI is InChI=1S/C14H14N2/c1-3-13-10(2)15-14-12-7-5-4-6-11(12)8-9-16(13)14/h4-9H,3H2,1-2H3. The molecule has 2 heterocycles. The summed E-state index contributed by atoms with van der Waals surface area (Å²) >= 11 is 0. The van der Waals surface area contributed by atoms with Crippen LogP contribution < -0.4 is 0 Å². The fourth-order valence-electron chi connectivity index (χ4n) is 2.36. The van der Waals surface area contributed by atoms with E-state index in [9.17, 15) is 0 Å². The molecular formula is C14H14N2. The van der Waals surface area contributed by atoms with Crippen molar-refractivity contribution in [2.75, 3.05) is 0 Å². The number of aryl methyl sites for hydroxylation is 2. The minimum Gasteiger partial charge on any atom is -0.303 e. The van der Waals surface area contributed by atoms with E-state index in [-0.39, 0.29) is 0 Å². The van der Waals surface area contributed by atoms with Crippen molar-refractivity contribution in [3.63, 3.8) is 0 Å². The largest absolute Gasteiger partial charge is 0.303 e. The quantitative estimate of drug-likeness (QED) is 0.602. The van der Waals surface area contributed by atoms with Gasteiger partial charge in [-0.15, -0.1) is 0 Å². The van der Waals surface area contributed by atoms with Crippen LogP contribution in [0.1, 0.15) is 18.3 Å². The minimum absolute atomic E-state index is 1.02. The van der Waals surface area contributed by atoms with Crippen molar-refractivity contribution in [1.29, 1.82) is 0 Å². The monoisotopic (exact) mass is 210 g/mol. The van der Waals surface area contributed by atoms with Crippen LogP contribution in [0, 0.1) is 6.92 Å². The molecule has 0 amide bonds. The molecule has 80 valence electrons. The summed E-state index contributed by atoms with van der Waals surface area (Å²) in [5.74, 6) is 0. The lowest BCUT2D eigenvalue weighted by Gasteiger charge is -2.02. The first-order chi connectivity index (χ1) is 7.81. The van der Waals surface area contributed by atoms with Crippen LogP contribution in [-0.4, -0.2) is 9.38 Å². The van der Waals surface area contributed by atoms with E-state index in [4.69, 9.17) is 0 Å². The third kappa shape index (κ3) is 1.16. The van der Waals surface area contributed by atoms with Crippen LogP contribution in [0.4, 0.5) is 0 Å². The second kappa shape index (κ2) is 3.34. The summed E-state index contributed by atoms with van der Waals surface area (Å²) in [7, 11) is 0. The van der Waals surface area contributed by atoms with Crippen molar-refractivity contribution in [2.45, 2.75) is 20.3 Å². The highest BCUT2D eigenvalue weighted by Crippen LogP contribution is 2.21. The summed E-state index contributed by atoms with van der Waals surface area (Å²) in [6.45, 7) is 4.26. The lowest BCUT2D eigenvalue weighted by Crippen LogP contribution is -1.91. The Kier molecular flexibility index (Phi) is 1.96. The Labute approximate surface area is 94.5 Å². The van der Waals surface area contributed by atoms with Gasteiger partial charge in [-0.25, -0.2) is 4.98 Å². The molecule has 2 aromatic heterocycles. The molecule has 0 unspecified atom stereocenters. The Bertz CT molecular complexity index is 665. The number of rotatable bonds is 1. The summed E-state index contributed by atoms with van der Waals surface area (Å²) < 4.78 is 2.21. The topological polar surface area (TPSA) is 17.3 Å². The van der Waals surface area contributed by atoms with Gasteiger partial charge in [0, 0.05) is 17.3 Å². The molecule has 3 aromatic rings. The maximum atomic E-state index is 4.68. The van der Waals surface area contributed by atoms with Crippen molar-refractivity contribution in [3.05, 3.63) is 47.9 Å². The molecule has 16 heavy (non-hydrogen) atoms. The van der Waals surface area contributed by atoms with Gasteiger partial charge < -0.3 is 4.40 Å². The molecule has 0 aliphatic heterocycles. The minimum atomic E-state index is 1.02. The molecule has 1 aromatic carbocycles. The predicted octanol–water partition coefficient (Wildman–Crippen LogP) is 3.36. The lowest BCUT2D eigenvalue weighted by atomic mass is 10.2. The van der Waals surface area contributed by atoms with E-state index in [0.717, 1.165) is 17.8 Å². The smallest absolute Gasteiger partial charge is 0.145 e. The fourth-order valence-corrected chi connectivity index (χ4v) is 2.36. The lowest BCUT2D eigenvalue weighted by molar-refractivity contribution is 0.980. The molecule has 3 rings (SSSR count). The van der Waals surface area contributed by atoms with E-state index in [1.54, 1.807) is 0 Å². The van der Waals surface area contributed by atoms with Crippen LogP contribution in [-0.2, 0) is 6.42 Å². The molecule has 0 bridgehead atoms. The van der Waals surface area contributed by atoms with Gasteiger partial charge in [-0.2, -0.15) is 0 Å². The Hall–Kier alpha value is -1.83. The zero-order chi connectivity index (χ0) is 11.1. The number of imidazole rings is 1. The third-order valence-electron chi connectivity index (χ3n) is 3.15. The molecule has 0 atom stereocenters. The normalized spacial score (nSPS) is 11.4. The van der Waals surface area contributed by atoms with Crippen LogP contribution in [0.3, 0.4) is 0 Å². The van der Waals surface area contributed by atoms with Crippen molar-refractivity contribution in [3.8, 4) is 0 Å². The number of aromatic nitrogens is 2. The molecule has 0 spiro atoms. The number of pyridine rings is 1. The van der Waals surface area contributed by atoms with E-state index in [1.807, 2.05) is 0 Å². The van der Waals surface area contributed by atoms with E-state index in [1.165, 1.54) is 16.5 Å². The fraction of sp³-hybridized carbons (Fsp3) is 0.214. The van der Waals surface area contributed by atoms with Crippen LogP contribution >= 0.6 is 0 Å². The molecule has 2 heteroatoms. The van der Waals surface area contributed by atoms with Gasteiger partial charge in [0.05, 0.1) is 5.69 Å². The number of hydrogen-bond acceptors (Lipinski definition) is 1. The molecule has 0 fully saturated rings. The molecule has 0 radical (unpaired) electrons. The molecular weight excluding hydrogens is 196 g/mol. The summed E-state index contributed by atoms with van der Waals surface area (Å²) in [4.78, 5) is 4.68. The van der Waals surface area contributed by atoms with Gasteiger partial charge in [0.1, 0.15) is 5.65 Å². The highest BCUT2D eigenvalue weighted by Gasteiger charge is 2.08. The molecule has 0 saturated carbocycles. The first-order valence-corrected chi connectivity index (χ1v) is 5.66. The van der Waals surface area contributed by atoms with Crippen LogP contribution in [0.5, 0.6) is 0 Å². The van der Waals surface area contributed by atoms with E-state index >= 15 is 0 Å². The number of hydrogen-bond donors (Lipinski definition) is 0. The van der Waals surface area contributed by atoms with Gasteiger partial charge >= 0.3 is 0 Å². The maximum absolute atomic E-state index is 4.68. The van der Waals surface area contributed by atoms with Crippen LogP contribution in [0.2, 0.25) is 0 Å². The van der Waals surface area contributed by atoms with E-state index in [2.05, 4.69) is 59.8 Å². The van der Waals surface area contributed by atoms with Gasteiger partial charge in [0.15, 0.2) is 0 Å². The van der Waals surface area contributed by atoms with Gasteiger partial charge in [-0.05, 0) is 24.8 Å². The van der Waals surface area contributed by atoms with Gasteiger partial charge in [-0.1, -0.05) is 31.2 Å². The molecule has 0 N–H and O–H groups in total. The van der Waals surface area contributed by atoms with Crippen molar-refractivity contribution >= 4 is 16.4 Å². The van der Waals surface area contributed by atoms with E-state index in [0.29, 0.717) is 0 Å². The third-order valence-corrected chi connectivity index (χ3v) is 3.15. The second-order valence-corrected chi connectivity index (χ2v) is 4.09. The average molecular weight is 210 g/mol. The summed E-state index contributed by atoms with van der Waals surface area (Å²) in [6, 6.07) is 10.6. The average Bonchev–Trinajstić information content (AvgIpc) is 2.65. The van der Waals surface area contributed by atoms with Crippen LogP contribution in [0.15, 0.2) is 36.5 Å². The number of nitrogens with zero attached hydrogens (tertiary/aromatic N) is 2. The van der Waals surface area contributed by atoms with E-state index < -0.39 is 0 Å². The highest BCUT2D eigenvalue weighted by molar-refractivity contribution is 5.94. The zero-order valence-electron chi connectivity index (χ0n) is 9.57. The summed E-state index contributed by atoms with van der Waals surface area (Å²) in [5, 5.41) is 2.48. The van der Waals surface area contributed by atoms with Gasteiger partial charge in [-0.3, -0.25) is 0 Å². The van der Waals surface area contributed by atoms with Crippen LogP contribution in [0.25, 0.3) is 16.4 Å².